The number of carbonyl (C=O) groups is 2. The van der Waals surface area contributed by atoms with E-state index in [9.17, 15) is 14.0 Å². The fourth-order valence-electron chi connectivity index (χ4n) is 2.00. The molecule has 7 heteroatoms. The molecule has 1 atom stereocenters. The normalized spacial score (nSPS) is 12.3. The summed E-state index contributed by atoms with van der Waals surface area (Å²) in [6.07, 6.45) is 0.435. The van der Waals surface area contributed by atoms with E-state index >= 15 is 0 Å². The van der Waals surface area contributed by atoms with Crippen LogP contribution in [-0.2, 0) is 23.1 Å². The molecule has 0 spiro atoms. The quantitative estimate of drug-likeness (QED) is 0.808. The minimum atomic E-state index is -1.16. The number of amides is 1. The first-order valence-corrected chi connectivity index (χ1v) is 6.51. The Kier molecular flexibility index (Phi) is 4.21. The second-order valence-corrected chi connectivity index (χ2v) is 4.82. The average Bonchev–Trinajstić information content (AvgIpc) is 2.74. The number of fused-ring (bicyclic) bond motifs is 1. The first-order chi connectivity index (χ1) is 9.90. The fraction of sp³-hybridized carbons (Fsp3) is 0.357. The highest BCUT2D eigenvalue weighted by atomic mass is 19.1. The molecule has 1 amide bonds. The Morgan fingerprint density at radius 3 is 2.86 bits per heavy atom. The van der Waals surface area contributed by atoms with E-state index in [0.29, 0.717) is 23.3 Å². The highest BCUT2D eigenvalue weighted by molar-refractivity contribution is 5.96. The lowest BCUT2D eigenvalue weighted by Crippen LogP contribution is -2.34. The largest absolute Gasteiger partial charge is 0.481 e. The molecule has 2 N–H and O–H groups in total. The first-order valence-electron chi connectivity index (χ1n) is 6.51. The Bertz CT molecular complexity index is 696. The van der Waals surface area contributed by atoms with Crippen LogP contribution in [0.4, 0.5) is 4.39 Å². The number of imidazole rings is 1. The summed E-state index contributed by atoms with van der Waals surface area (Å²) in [5.41, 5.74) is 1.36. The molecule has 112 valence electrons. The van der Waals surface area contributed by atoms with Gasteiger partial charge in [0.2, 0.25) is 5.91 Å². The Hall–Kier alpha value is -2.44. The van der Waals surface area contributed by atoms with E-state index in [0.717, 1.165) is 0 Å². The van der Waals surface area contributed by atoms with Crippen LogP contribution in [0, 0.1) is 11.7 Å². The van der Waals surface area contributed by atoms with Crippen molar-refractivity contribution in [2.75, 3.05) is 6.54 Å². The van der Waals surface area contributed by atoms with Crippen LogP contribution in [0.3, 0.4) is 0 Å². The van der Waals surface area contributed by atoms with E-state index in [1.54, 1.807) is 17.7 Å². The Balaban J connectivity index is 2.03. The zero-order valence-electron chi connectivity index (χ0n) is 11.8. The van der Waals surface area contributed by atoms with Gasteiger partial charge in [0.15, 0.2) is 0 Å². The SMILES string of the molecule is CC(C(=O)O)C(=O)NCCc1nc2ccc(F)cc2n1C. The molecular weight excluding hydrogens is 277 g/mol. The van der Waals surface area contributed by atoms with E-state index in [4.69, 9.17) is 5.11 Å². The third-order valence-corrected chi connectivity index (χ3v) is 3.35. The molecule has 0 fully saturated rings. The molecule has 1 unspecified atom stereocenters. The van der Waals surface area contributed by atoms with E-state index in [-0.39, 0.29) is 12.4 Å². The molecule has 1 aromatic heterocycles. The monoisotopic (exact) mass is 293 g/mol. The zero-order chi connectivity index (χ0) is 15.6. The molecule has 0 aliphatic heterocycles. The van der Waals surface area contributed by atoms with Gasteiger partial charge in [-0.3, -0.25) is 9.59 Å². The van der Waals surface area contributed by atoms with Crippen LogP contribution >= 0.6 is 0 Å². The number of aromatic nitrogens is 2. The smallest absolute Gasteiger partial charge is 0.315 e. The second kappa shape index (κ2) is 5.90. The number of benzene rings is 1. The number of aliphatic carboxylic acids is 1. The third-order valence-electron chi connectivity index (χ3n) is 3.35. The number of carboxylic acid groups (broad SMARTS) is 1. The predicted molar refractivity (Wildman–Crippen MR) is 74.2 cm³/mol. The van der Waals surface area contributed by atoms with Gasteiger partial charge in [0.25, 0.3) is 0 Å². The summed E-state index contributed by atoms with van der Waals surface area (Å²) in [7, 11) is 1.77. The van der Waals surface area contributed by atoms with Gasteiger partial charge in [0.1, 0.15) is 17.6 Å². The molecule has 0 saturated carbocycles. The summed E-state index contributed by atoms with van der Waals surface area (Å²) in [5, 5.41) is 11.3. The number of hydrogen-bond acceptors (Lipinski definition) is 3. The molecule has 21 heavy (non-hydrogen) atoms. The lowest BCUT2D eigenvalue weighted by atomic mass is 10.2. The summed E-state index contributed by atoms with van der Waals surface area (Å²) in [5.74, 6) is -2.42. The Labute approximate surface area is 120 Å². The number of nitrogens with zero attached hydrogens (tertiary/aromatic N) is 2. The van der Waals surface area contributed by atoms with Crippen molar-refractivity contribution in [1.29, 1.82) is 0 Å². The summed E-state index contributed by atoms with van der Waals surface area (Å²) >= 11 is 0. The maximum atomic E-state index is 13.2. The van der Waals surface area contributed by atoms with Gasteiger partial charge in [-0.25, -0.2) is 9.37 Å². The van der Waals surface area contributed by atoms with Crippen molar-refractivity contribution in [3.63, 3.8) is 0 Å². The molecule has 0 aliphatic carbocycles. The van der Waals surface area contributed by atoms with Gasteiger partial charge >= 0.3 is 5.97 Å². The van der Waals surface area contributed by atoms with E-state index in [2.05, 4.69) is 10.3 Å². The van der Waals surface area contributed by atoms with Crippen LogP contribution in [0.5, 0.6) is 0 Å². The number of carbonyl (C=O) groups excluding carboxylic acids is 1. The maximum absolute atomic E-state index is 13.2. The van der Waals surface area contributed by atoms with Crippen molar-refractivity contribution in [3.05, 3.63) is 29.8 Å². The number of halogens is 1. The lowest BCUT2D eigenvalue weighted by Gasteiger charge is -2.08. The Morgan fingerprint density at radius 1 is 1.48 bits per heavy atom. The standard InChI is InChI=1S/C14H16FN3O3/c1-8(14(20)21)13(19)16-6-5-12-17-10-4-3-9(15)7-11(10)18(12)2/h3-4,7-8H,5-6H2,1-2H3,(H,16,19)(H,20,21). The van der Waals surface area contributed by atoms with Gasteiger partial charge in [-0.2, -0.15) is 0 Å². The van der Waals surface area contributed by atoms with Gasteiger partial charge in [-0.05, 0) is 25.1 Å². The van der Waals surface area contributed by atoms with Crippen molar-refractivity contribution in [3.8, 4) is 0 Å². The second-order valence-electron chi connectivity index (χ2n) is 4.82. The predicted octanol–water partition coefficient (Wildman–Crippen LogP) is 1.09. The van der Waals surface area contributed by atoms with E-state index in [1.165, 1.54) is 19.1 Å². The number of nitrogens with one attached hydrogen (secondary N) is 1. The van der Waals surface area contributed by atoms with Gasteiger partial charge in [0, 0.05) is 20.0 Å². The molecule has 0 aliphatic rings. The lowest BCUT2D eigenvalue weighted by molar-refractivity contribution is -0.146. The van der Waals surface area contributed by atoms with Crippen LogP contribution in [0.2, 0.25) is 0 Å². The Morgan fingerprint density at radius 2 is 2.19 bits per heavy atom. The summed E-state index contributed by atoms with van der Waals surface area (Å²) in [4.78, 5) is 26.5. The molecule has 2 rings (SSSR count). The molecule has 0 radical (unpaired) electrons. The average molecular weight is 293 g/mol. The number of aryl methyl sites for hydroxylation is 1. The van der Waals surface area contributed by atoms with Crippen molar-refractivity contribution in [1.82, 2.24) is 14.9 Å². The highest BCUT2D eigenvalue weighted by Crippen LogP contribution is 2.16. The van der Waals surface area contributed by atoms with Crippen LogP contribution in [-0.4, -0.2) is 33.1 Å². The maximum Gasteiger partial charge on any atom is 0.315 e. The highest BCUT2D eigenvalue weighted by Gasteiger charge is 2.19. The van der Waals surface area contributed by atoms with Gasteiger partial charge < -0.3 is 15.0 Å². The molecular formula is C14H16FN3O3. The molecule has 1 aromatic carbocycles. The molecule has 0 bridgehead atoms. The van der Waals surface area contributed by atoms with Crippen molar-refractivity contribution in [2.45, 2.75) is 13.3 Å². The summed E-state index contributed by atoms with van der Waals surface area (Å²) in [6.45, 7) is 1.60. The van der Waals surface area contributed by atoms with Gasteiger partial charge in [0.05, 0.1) is 11.0 Å². The van der Waals surface area contributed by atoms with E-state index < -0.39 is 17.8 Å². The number of rotatable bonds is 5. The van der Waals surface area contributed by atoms with Crippen LogP contribution < -0.4 is 5.32 Å². The minimum Gasteiger partial charge on any atom is -0.481 e. The third kappa shape index (κ3) is 3.18. The molecule has 1 heterocycles. The van der Waals surface area contributed by atoms with Crippen molar-refractivity contribution in [2.24, 2.45) is 13.0 Å². The topological polar surface area (TPSA) is 84.2 Å². The molecule has 6 nitrogen and oxygen atoms in total. The summed E-state index contributed by atoms with van der Waals surface area (Å²) in [6, 6.07) is 4.34. The van der Waals surface area contributed by atoms with E-state index in [1.807, 2.05) is 0 Å². The van der Waals surface area contributed by atoms with Crippen molar-refractivity contribution >= 4 is 22.9 Å². The fourth-order valence-corrected chi connectivity index (χ4v) is 2.00. The van der Waals surface area contributed by atoms with Gasteiger partial charge in [-0.15, -0.1) is 0 Å². The van der Waals surface area contributed by atoms with Crippen LogP contribution in [0.1, 0.15) is 12.7 Å². The molecule has 2 aromatic rings. The number of hydrogen-bond donors (Lipinski definition) is 2. The van der Waals surface area contributed by atoms with Crippen LogP contribution in [0.25, 0.3) is 11.0 Å². The minimum absolute atomic E-state index is 0.274. The number of carboxylic acids is 1. The van der Waals surface area contributed by atoms with Crippen LogP contribution in [0.15, 0.2) is 18.2 Å². The zero-order valence-corrected chi connectivity index (χ0v) is 11.8. The summed E-state index contributed by atoms with van der Waals surface area (Å²) < 4.78 is 14.9. The van der Waals surface area contributed by atoms with Crippen molar-refractivity contribution < 1.29 is 19.1 Å². The molecule has 0 saturated heterocycles. The van der Waals surface area contributed by atoms with Gasteiger partial charge in [-0.1, -0.05) is 0 Å². The first kappa shape index (κ1) is 15.0.